The fourth-order valence-corrected chi connectivity index (χ4v) is 4.19. The van der Waals surface area contributed by atoms with Crippen LogP contribution in [0.2, 0.25) is 0 Å². The Balaban J connectivity index is 1.90. The molecule has 0 aliphatic rings. The van der Waals surface area contributed by atoms with Crippen LogP contribution in [0.25, 0.3) is 0 Å². The van der Waals surface area contributed by atoms with Crippen molar-refractivity contribution in [2.45, 2.75) is 10.9 Å². The van der Waals surface area contributed by atoms with E-state index in [4.69, 9.17) is 0 Å². The van der Waals surface area contributed by atoms with Crippen LogP contribution in [-0.2, 0) is 0 Å². The molecule has 0 saturated carbocycles. The van der Waals surface area contributed by atoms with E-state index in [9.17, 15) is 0 Å². The molecule has 0 atom stereocenters. The molecule has 0 radical (unpaired) electrons. The van der Waals surface area contributed by atoms with Crippen LogP contribution in [0.1, 0.15) is 15.8 Å². The summed E-state index contributed by atoms with van der Waals surface area (Å²) < 4.78 is 0. The van der Waals surface area contributed by atoms with Crippen molar-refractivity contribution in [3.8, 4) is 0 Å². The molecule has 0 aliphatic heterocycles. The fraction of sp³-hybridized carbons (Fsp3) is 0.125. The fourth-order valence-electron chi connectivity index (χ4n) is 2.07. The van der Waals surface area contributed by atoms with E-state index in [1.165, 1.54) is 20.3 Å². The van der Waals surface area contributed by atoms with Crippen molar-refractivity contribution in [2.75, 3.05) is 11.6 Å². The monoisotopic (exact) mass is 317 g/mol. The standard InChI is InChI=1S/C16H15NS3/c1-18-13-6-2-5-12(11-13)17-16(14-7-3-9-19-14)15-8-4-10-20-15/h2-11,16-17H,1H3. The lowest BCUT2D eigenvalue weighted by Gasteiger charge is -2.18. The lowest BCUT2D eigenvalue weighted by atomic mass is 10.2. The molecule has 0 fully saturated rings. The van der Waals surface area contributed by atoms with Gasteiger partial charge in [0, 0.05) is 20.3 Å². The Bertz CT molecular complexity index is 610. The van der Waals surface area contributed by atoms with E-state index in [-0.39, 0.29) is 6.04 Å². The molecule has 1 nitrogen and oxygen atoms in total. The topological polar surface area (TPSA) is 12.0 Å². The summed E-state index contributed by atoms with van der Waals surface area (Å²) in [5.41, 5.74) is 1.17. The third kappa shape index (κ3) is 3.08. The second kappa shape index (κ2) is 6.48. The molecule has 102 valence electrons. The van der Waals surface area contributed by atoms with Gasteiger partial charge in [0.1, 0.15) is 0 Å². The second-order valence-corrected chi connectivity index (χ2v) is 7.18. The number of benzene rings is 1. The molecule has 3 aromatic rings. The number of anilines is 1. The first-order chi connectivity index (χ1) is 9.86. The summed E-state index contributed by atoms with van der Waals surface area (Å²) in [4.78, 5) is 3.98. The van der Waals surface area contributed by atoms with Gasteiger partial charge in [-0.1, -0.05) is 18.2 Å². The van der Waals surface area contributed by atoms with Gasteiger partial charge < -0.3 is 5.32 Å². The lowest BCUT2D eigenvalue weighted by Crippen LogP contribution is -2.09. The highest BCUT2D eigenvalue weighted by atomic mass is 32.2. The van der Waals surface area contributed by atoms with E-state index >= 15 is 0 Å². The minimum Gasteiger partial charge on any atom is -0.373 e. The zero-order chi connectivity index (χ0) is 13.8. The van der Waals surface area contributed by atoms with E-state index < -0.39 is 0 Å². The summed E-state index contributed by atoms with van der Waals surface area (Å²) in [6, 6.07) is 17.4. The van der Waals surface area contributed by atoms with E-state index in [0.29, 0.717) is 0 Å². The maximum Gasteiger partial charge on any atom is 0.0953 e. The molecule has 20 heavy (non-hydrogen) atoms. The van der Waals surface area contributed by atoms with Crippen molar-refractivity contribution in [1.82, 2.24) is 0 Å². The third-order valence-corrected chi connectivity index (χ3v) is 5.64. The first-order valence-electron chi connectivity index (χ1n) is 6.34. The van der Waals surface area contributed by atoms with E-state index in [1.54, 1.807) is 34.4 Å². The number of rotatable bonds is 5. The molecule has 1 N–H and O–H groups in total. The minimum absolute atomic E-state index is 0.243. The Morgan fingerprint density at radius 2 is 1.65 bits per heavy atom. The SMILES string of the molecule is CSc1cccc(NC(c2cccs2)c2cccs2)c1. The van der Waals surface area contributed by atoms with E-state index in [2.05, 4.69) is 70.9 Å². The summed E-state index contributed by atoms with van der Waals surface area (Å²) in [6.45, 7) is 0. The number of hydrogen-bond donors (Lipinski definition) is 1. The first kappa shape index (κ1) is 13.7. The highest BCUT2D eigenvalue weighted by molar-refractivity contribution is 7.98. The summed E-state index contributed by atoms with van der Waals surface area (Å²) in [6.07, 6.45) is 2.11. The zero-order valence-electron chi connectivity index (χ0n) is 11.1. The van der Waals surface area contributed by atoms with Gasteiger partial charge in [-0.3, -0.25) is 0 Å². The van der Waals surface area contributed by atoms with Crippen LogP contribution in [0.4, 0.5) is 5.69 Å². The van der Waals surface area contributed by atoms with Gasteiger partial charge in [-0.05, 0) is 47.3 Å². The largest absolute Gasteiger partial charge is 0.373 e. The van der Waals surface area contributed by atoms with Gasteiger partial charge in [0.05, 0.1) is 6.04 Å². The maximum absolute atomic E-state index is 3.67. The van der Waals surface area contributed by atoms with Gasteiger partial charge in [-0.2, -0.15) is 0 Å². The summed E-state index contributed by atoms with van der Waals surface area (Å²) in [5, 5.41) is 7.94. The minimum atomic E-state index is 0.243. The highest BCUT2D eigenvalue weighted by Gasteiger charge is 2.16. The first-order valence-corrected chi connectivity index (χ1v) is 9.32. The van der Waals surface area contributed by atoms with Gasteiger partial charge in [0.25, 0.3) is 0 Å². The predicted molar refractivity (Wildman–Crippen MR) is 92.3 cm³/mol. The predicted octanol–water partition coefficient (Wildman–Crippen LogP) is 5.73. The summed E-state index contributed by atoms with van der Waals surface area (Å²) >= 11 is 5.37. The molecule has 1 aromatic carbocycles. The smallest absolute Gasteiger partial charge is 0.0953 e. The van der Waals surface area contributed by atoms with Crippen molar-refractivity contribution in [2.24, 2.45) is 0 Å². The van der Waals surface area contributed by atoms with Crippen molar-refractivity contribution in [3.63, 3.8) is 0 Å². The Morgan fingerprint density at radius 3 is 2.20 bits per heavy atom. The Morgan fingerprint density at radius 1 is 0.950 bits per heavy atom. The van der Waals surface area contributed by atoms with Crippen LogP contribution in [0.15, 0.2) is 64.2 Å². The Labute approximate surface area is 131 Å². The average Bonchev–Trinajstić information content (AvgIpc) is 3.18. The molecule has 0 saturated heterocycles. The van der Waals surface area contributed by atoms with Gasteiger partial charge in [0.2, 0.25) is 0 Å². The van der Waals surface area contributed by atoms with E-state index in [1.807, 2.05) is 0 Å². The highest BCUT2D eigenvalue weighted by Crippen LogP contribution is 2.33. The Hall–Kier alpha value is -1.23. The molecule has 0 bridgehead atoms. The molecular formula is C16H15NS3. The number of hydrogen-bond acceptors (Lipinski definition) is 4. The van der Waals surface area contributed by atoms with Gasteiger partial charge in [-0.25, -0.2) is 0 Å². The zero-order valence-corrected chi connectivity index (χ0v) is 13.5. The number of thioether (sulfide) groups is 1. The van der Waals surface area contributed by atoms with Crippen molar-refractivity contribution in [1.29, 1.82) is 0 Å². The van der Waals surface area contributed by atoms with Gasteiger partial charge >= 0.3 is 0 Å². The molecule has 0 spiro atoms. The molecule has 0 aliphatic carbocycles. The average molecular weight is 318 g/mol. The lowest BCUT2D eigenvalue weighted by molar-refractivity contribution is 0.991. The van der Waals surface area contributed by atoms with Crippen LogP contribution < -0.4 is 5.32 Å². The molecule has 0 unspecified atom stereocenters. The quantitative estimate of drug-likeness (QED) is 0.603. The second-order valence-electron chi connectivity index (χ2n) is 4.34. The number of thiophene rings is 2. The van der Waals surface area contributed by atoms with Crippen LogP contribution >= 0.6 is 34.4 Å². The summed E-state index contributed by atoms with van der Waals surface area (Å²) in [5.74, 6) is 0. The molecule has 0 amide bonds. The normalized spacial score (nSPS) is 10.9. The van der Waals surface area contributed by atoms with Crippen molar-refractivity contribution < 1.29 is 0 Å². The molecular weight excluding hydrogens is 302 g/mol. The molecule has 2 heterocycles. The maximum atomic E-state index is 3.67. The Kier molecular flexibility index (Phi) is 4.45. The van der Waals surface area contributed by atoms with E-state index in [0.717, 1.165) is 0 Å². The van der Waals surface area contributed by atoms with Gasteiger partial charge in [-0.15, -0.1) is 34.4 Å². The van der Waals surface area contributed by atoms with Gasteiger partial charge in [0.15, 0.2) is 0 Å². The molecule has 4 heteroatoms. The van der Waals surface area contributed by atoms with Crippen LogP contribution in [0, 0.1) is 0 Å². The number of nitrogens with one attached hydrogen (secondary N) is 1. The van der Waals surface area contributed by atoms with Crippen LogP contribution in [0.3, 0.4) is 0 Å². The summed E-state index contributed by atoms with van der Waals surface area (Å²) in [7, 11) is 0. The van der Waals surface area contributed by atoms with Crippen LogP contribution in [-0.4, -0.2) is 6.26 Å². The molecule has 2 aromatic heterocycles. The third-order valence-electron chi connectivity index (χ3n) is 3.04. The van der Waals surface area contributed by atoms with Crippen molar-refractivity contribution in [3.05, 3.63) is 69.0 Å². The van der Waals surface area contributed by atoms with Crippen molar-refractivity contribution >= 4 is 40.1 Å². The van der Waals surface area contributed by atoms with Crippen LogP contribution in [0.5, 0.6) is 0 Å². The molecule has 3 rings (SSSR count).